The lowest BCUT2D eigenvalue weighted by Gasteiger charge is -2.16. The first-order valence-electron chi connectivity index (χ1n) is 5.69. The van der Waals surface area contributed by atoms with E-state index in [1.165, 1.54) is 6.07 Å². The van der Waals surface area contributed by atoms with Gasteiger partial charge in [0.05, 0.1) is 5.56 Å². The molecule has 4 heteroatoms. The molecule has 1 aromatic rings. The Morgan fingerprint density at radius 3 is 2.59 bits per heavy atom. The van der Waals surface area contributed by atoms with E-state index in [1.807, 2.05) is 6.92 Å². The smallest absolute Gasteiger partial charge is 0.255 e. The highest BCUT2D eigenvalue weighted by atomic mass is 19.1. The standard InChI is InChI=1S/C13H18FNO2/c1-8(2)6-9(3)15-13(17)11-5-4-10(14)7-12(11)16/h4-5,7-9,16H,6H2,1-3H3,(H,15,17). The predicted octanol–water partition coefficient (Wildman–Crippen LogP) is 2.70. The second-order valence-electron chi connectivity index (χ2n) is 4.67. The molecule has 0 aliphatic carbocycles. The molecule has 0 saturated carbocycles. The average molecular weight is 239 g/mol. The maximum Gasteiger partial charge on any atom is 0.255 e. The minimum Gasteiger partial charge on any atom is -0.507 e. The zero-order valence-corrected chi connectivity index (χ0v) is 10.3. The summed E-state index contributed by atoms with van der Waals surface area (Å²) in [5.41, 5.74) is 0.0991. The van der Waals surface area contributed by atoms with E-state index >= 15 is 0 Å². The van der Waals surface area contributed by atoms with Crippen LogP contribution in [0.1, 0.15) is 37.6 Å². The van der Waals surface area contributed by atoms with Crippen molar-refractivity contribution in [1.29, 1.82) is 0 Å². The molecule has 2 N–H and O–H groups in total. The summed E-state index contributed by atoms with van der Waals surface area (Å²) >= 11 is 0. The van der Waals surface area contributed by atoms with Crippen LogP contribution in [-0.2, 0) is 0 Å². The number of rotatable bonds is 4. The maximum atomic E-state index is 12.8. The molecule has 0 aliphatic heterocycles. The van der Waals surface area contributed by atoms with Crippen LogP contribution in [-0.4, -0.2) is 17.1 Å². The third-order valence-corrected chi connectivity index (χ3v) is 2.41. The van der Waals surface area contributed by atoms with Crippen LogP contribution in [0.15, 0.2) is 18.2 Å². The van der Waals surface area contributed by atoms with Crippen LogP contribution in [0.4, 0.5) is 4.39 Å². The molecule has 0 saturated heterocycles. The van der Waals surface area contributed by atoms with Crippen molar-refractivity contribution < 1.29 is 14.3 Å². The molecule has 0 radical (unpaired) electrons. The van der Waals surface area contributed by atoms with Crippen molar-refractivity contribution in [3.63, 3.8) is 0 Å². The number of nitrogens with one attached hydrogen (secondary N) is 1. The molecule has 17 heavy (non-hydrogen) atoms. The Morgan fingerprint density at radius 2 is 2.06 bits per heavy atom. The number of carbonyl (C=O) groups is 1. The zero-order valence-electron chi connectivity index (χ0n) is 10.3. The highest BCUT2D eigenvalue weighted by Gasteiger charge is 2.14. The molecule has 0 spiro atoms. The van der Waals surface area contributed by atoms with E-state index in [4.69, 9.17) is 0 Å². The fourth-order valence-corrected chi connectivity index (χ4v) is 1.76. The van der Waals surface area contributed by atoms with E-state index in [9.17, 15) is 14.3 Å². The molecule has 0 aromatic heterocycles. The SMILES string of the molecule is CC(C)CC(C)NC(=O)c1ccc(F)cc1O. The van der Waals surface area contributed by atoms with E-state index in [1.54, 1.807) is 0 Å². The van der Waals surface area contributed by atoms with Crippen LogP contribution >= 0.6 is 0 Å². The molecule has 1 atom stereocenters. The third-order valence-electron chi connectivity index (χ3n) is 2.41. The third kappa shape index (κ3) is 4.06. The summed E-state index contributed by atoms with van der Waals surface area (Å²) in [6, 6.07) is 3.39. The molecule has 0 heterocycles. The van der Waals surface area contributed by atoms with Gasteiger partial charge in [0.25, 0.3) is 5.91 Å². The normalized spacial score (nSPS) is 12.5. The van der Waals surface area contributed by atoms with Gasteiger partial charge in [0.1, 0.15) is 11.6 Å². The van der Waals surface area contributed by atoms with Crippen molar-refractivity contribution in [2.75, 3.05) is 0 Å². The van der Waals surface area contributed by atoms with Gasteiger partial charge in [-0.1, -0.05) is 13.8 Å². The lowest BCUT2D eigenvalue weighted by Crippen LogP contribution is -2.33. The molecular formula is C13H18FNO2. The second kappa shape index (κ2) is 5.66. The van der Waals surface area contributed by atoms with Gasteiger partial charge in [-0.25, -0.2) is 4.39 Å². The van der Waals surface area contributed by atoms with Crippen molar-refractivity contribution in [2.24, 2.45) is 5.92 Å². The maximum absolute atomic E-state index is 12.8. The fourth-order valence-electron chi connectivity index (χ4n) is 1.76. The zero-order chi connectivity index (χ0) is 13.0. The molecule has 0 fully saturated rings. The van der Waals surface area contributed by atoms with Crippen molar-refractivity contribution in [3.05, 3.63) is 29.6 Å². The Morgan fingerprint density at radius 1 is 1.41 bits per heavy atom. The topological polar surface area (TPSA) is 49.3 Å². The van der Waals surface area contributed by atoms with Crippen molar-refractivity contribution in [3.8, 4) is 5.75 Å². The summed E-state index contributed by atoms with van der Waals surface area (Å²) < 4.78 is 12.8. The minimum atomic E-state index is -0.561. The molecule has 1 unspecified atom stereocenters. The van der Waals surface area contributed by atoms with Crippen LogP contribution in [0, 0.1) is 11.7 Å². The average Bonchev–Trinajstić information content (AvgIpc) is 2.15. The molecule has 1 rings (SSSR count). The number of phenolic OH excluding ortho intramolecular Hbond substituents is 1. The Kier molecular flexibility index (Phi) is 4.49. The summed E-state index contributed by atoms with van der Waals surface area (Å²) in [5.74, 6) is -0.795. The van der Waals surface area contributed by atoms with Gasteiger partial charge in [0, 0.05) is 12.1 Å². The van der Waals surface area contributed by atoms with Crippen LogP contribution in [0.3, 0.4) is 0 Å². The summed E-state index contributed by atoms with van der Waals surface area (Å²) in [5, 5.41) is 12.2. The lowest BCUT2D eigenvalue weighted by molar-refractivity contribution is 0.0933. The number of carbonyl (C=O) groups excluding carboxylic acids is 1. The first-order valence-corrected chi connectivity index (χ1v) is 5.69. The summed E-state index contributed by atoms with van der Waals surface area (Å²) in [7, 11) is 0. The van der Waals surface area contributed by atoms with Gasteiger partial charge in [-0.05, 0) is 31.4 Å². The molecule has 94 valence electrons. The van der Waals surface area contributed by atoms with Gasteiger partial charge in [-0.15, -0.1) is 0 Å². The Hall–Kier alpha value is -1.58. The van der Waals surface area contributed by atoms with Gasteiger partial charge >= 0.3 is 0 Å². The van der Waals surface area contributed by atoms with E-state index in [-0.39, 0.29) is 23.3 Å². The van der Waals surface area contributed by atoms with Crippen LogP contribution in [0.2, 0.25) is 0 Å². The molecule has 0 bridgehead atoms. The van der Waals surface area contributed by atoms with Gasteiger partial charge in [-0.3, -0.25) is 4.79 Å². The molecule has 3 nitrogen and oxygen atoms in total. The highest BCUT2D eigenvalue weighted by molar-refractivity contribution is 5.96. The largest absolute Gasteiger partial charge is 0.507 e. The number of phenols is 1. The lowest BCUT2D eigenvalue weighted by atomic mass is 10.0. The van der Waals surface area contributed by atoms with Gasteiger partial charge in [-0.2, -0.15) is 0 Å². The van der Waals surface area contributed by atoms with E-state index in [0.717, 1.165) is 18.6 Å². The van der Waals surface area contributed by atoms with E-state index in [0.29, 0.717) is 5.92 Å². The molecular weight excluding hydrogens is 221 g/mol. The van der Waals surface area contributed by atoms with Crippen molar-refractivity contribution in [2.45, 2.75) is 33.2 Å². The van der Waals surface area contributed by atoms with E-state index < -0.39 is 5.82 Å². The minimum absolute atomic E-state index is 0.0203. The first kappa shape index (κ1) is 13.5. The summed E-state index contributed by atoms with van der Waals surface area (Å²) in [6.07, 6.45) is 0.855. The fraction of sp³-hybridized carbons (Fsp3) is 0.462. The van der Waals surface area contributed by atoms with Crippen LogP contribution in [0.25, 0.3) is 0 Å². The number of hydrogen-bond donors (Lipinski definition) is 2. The van der Waals surface area contributed by atoms with Crippen molar-refractivity contribution >= 4 is 5.91 Å². The van der Waals surface area contributed by atoms with Crippen LogP contribution in [0.5, 0.6) is 5.75 Å². The van der Waals surface area contributed by atoms with Crippen molar-refractivity contribution in [1.82, 2.24) is 5.32 Å². The van der Waals surface area contributed by atoms with Crippen LogP contribution < -0.4 is 5.32 Å². The molecule has 0 aliphatic rings. The number of benzene rings is 1. The molecule has 1 aromatic carbocycles. The summed E-state index contributed by atoms with van der Waals surface area (Å²) in [4.78, 5) is 11.8. The van der Waals surface area contributed by atoms with Gasteiger partial charge in [0.15, 0.2) is 0 Å². The predicted molar refractivity (Wildman–Crippen MR) is 64.4 cm³/mol. The van der Waals surface area contributed by atoms with Gasteiger partial charge < -0.3 is 10.4 Å². The Bertz CT molecular complexity index is 404. The monoisotopic (exact) mass is 239 g/mol. The highest BCUT2D eigenvalue weighted by Crippen LogP contribution is 2.18. The Balaban J connectivity index is 2.70. The first-order chi connectivity index (χ1) is 7.90. The molecule has 1 amide bonds. The summed E-state index contributed by atoms with van der Waals surface area (Å²) in [6.45, 7) is 6.04. The van der Waals surface area contributed by atoms with E-state index in [2.05, 4.69) is 19.2 Å². The second-order valence-corrected chi connectivity index (χ2v) is 4.67. The number of aromatic hydroxyl groups is 1. The number of amides is 1. The van der Waals surface area contributed by atoms with Gasteiger partial charge in [0.2, 0.25) is 0 Å². The Labute approximate surface area is 101 Å². The number of halogens is 1. The quantitative estimate of drug-likeness (QED) is 0.848. The number of hydrogen-bond acceptors (Lipinski definition) is 2.